The average Bonchev–Trinajstić information content (AvgIpc) is 2.87. The van der Waals surface area contributed by atoms with E-state index in [4.69, 9.17) is 4.74 Å². The number of esters is 1. The molecule has 0 saturated heterocycles. The van der Waals surface area contributed by atoms with Crippen LogP contribution in [-0.4, -0.2) is 27.7 Å². The van der Waals surface area contributed by atoms with Crippen LogP contribution in [0, 0.1) is 0 Å². The van der Waals surface area contributed by atoms with Crippen molar-refractivity contribution in [2.45, 2.75) is 25.7 Å². The van der Waals surface area contributed by atoms with Crippen LogP contribution in [0.25, 0.3) is 10.2 Å². The van der Waals surface area contributed by atoms with Crippen molar-refractivity contribution in [3.05, 3.63) is 16.8 Å². The molecule has 2 aromatic heterocycles. The molecule has 0 bridgehead atoms. The van der Waals surface area contributed by atoms with E-state index in [-0.39, 0.29) is 17.8 Å². The van der Waals surface area contributed by atoms with Crippen molar-refractivity contribution >= 4 is 27.5 Å². The lowest BCUT2D eigenvalue weighted by molar-refractivity contribution is -0.144. The molecular formula is C12H12N2O3S. The first-order chi connectivity index (χ1) is 8.72. The van der Waals surface area contributed by atoms with Gasteiger partial charge in [0.15, 0.2) is 0 Å². The molecule has 18 heavy (non-hydrogen) atoms. The van der Waals surface area contributed by atoms with E-state index in [0.717, 1.165) is 28.1 Å². The number of rotatable bonds is 2. The number of thiophene rings is 1. The van der Waals surface area contributed by atoms with Crippen LogP contribution >= 0.6 is 11.3 Å². The standard InChI is InChI=1S/C12H12N2O3S/c1-2-17-12(16)6-3-4-7-8(6)9-10(15)13-5-14-11(9)18-7/h5-6H,2-4H2,1H3,(H,13,14,15). The van der Waals surface area contributed by atoms with E-state index in [2.05, 4.69) is 9.97 Å². The van der Waals surface area contributed by atoms with E-state index in [0.29, 0.717) is 12.0 Å². The van der Waals surface area contributed by atoms with E-state index in [1.165, 1.54) is 17.7 Å². The molecule has 0 saturated carbocycles. The SMILES string of the molecule is CCOC(=O)C1CCc2sc3ncnc(O)c3c21. The third-order valence-corrected chi connectivity index (χ3v) is 4.34. The van der Waals surface area contributed by atoms with Crippen LogP contribution in [0.4, 0.5) is 0 Å². The Morgan fingerprint density at radius 2 is 2.44 bits per heavy atom. The number of carbonyl (C=O) groups excluding carboxylic acids is 1. The summed E-state index contributed by atoms with van der Waals surface area (Å²) in [6.07, 6.45) is 2.91. The summed E-state index contributed by atoms with van der Waals surface area (Å²) in [4.78, 5) is 21.7. The first-order valence-corrected chi connectivity index (χ1v) is 6.66. The van der Waals surface area contributed by atoms with Crippen molar-refractivity contribution in [1.29, 1.82) is 0 Å². The second-order valence-electron chi connectivity index (χ2n) is 4.16. The first-order valence-electron chi connectivity index (χ1n) is 5.84. The maximum atomic E-state index is 11.9. The molecule has 6 heteroatoms. The molecule has 3 rings (SSSR count). The topological polar surface area (TPSA) is 72.3 Å². The van der Waals surface area contributed by atoms with Gasteiger partial charge in [0.2, 0.25) is 5.88 Å². The van der Waals surface area contributed by atoms with Crippen molar-refractivity contribution < 1.29 is 14.6 Å². The van der Waals surface area contributed by atoms with Crippen LogP contribution < -0.4 is 0 Å². The van der Waals surface area contributed by atoms with Gasteiger partial charge in [0, 0.05) is 4.88 Å². The predicted octanol–water partition coefficient (Wildman–Crippen LogP) is 1.99. The lowest BCUT2D eigenvalue weighted by Gasteiger charge is -2.09. The Hall–Kier alpha value is -1.69. The van der Waals surface area contributed by atoms with E-state index >= 15 is 0 Å². The largest absolute Gasteiger partial charge is 0.493 e. The number of nitrogens with zero attached hydrogens (tertiary/aromatic N) is 2. The lowest BCUT2D eigenvalue weighted by atomic mass is 10.0. The van der Waals surface area contributed by atoms with Crippen molar-refractivity contribution in [2.24, 2.45) is 0 Å². The molecule has 0 amide bonds. The minimum Gasteiger partial charge on any atom is -0.493 e. The van der Waals surface area contributed by atoms with Gasteiger partial charge in [0.25, 0.3) is 0 Å². The smallest absolute Gasteiger partial charge is 0.313 e. The molecule has 2 heterocycles. The first kappa shape index (κ1) is 11.4. The Kier molecular flexibility index (Phi) is 2.66. The normalized spacial score (nSPS) is 17.9. The monoisotopic (exact) mass is 264 g/mol. The zero-order valence-electron chi connectivity index (χ0n) is 9.84. The fourth-order valence-corrected chi connectivity index (χ4v) is 3.65. The molecule has 0 fully saturated rings. The zero-order chi connectivity index (χ0) is 12.7. The number of aryl methyl sites for hydroxylation is 1. The molecule has 94 valence electrons. The molecule has 0 aliphatic heterocycles. The van der Waals surface area contributed by atoms with Gasteiger partial charge in [-0.2, -0.15) is 0 Å². The highest BCUT2D eigenvalue weighted by Crippen LogP contribution is 2.45. The summed E-state index contributed by atoms with van der Waals surface area (Å²) in [7, 11) is 0. The van der Waals surface area contributed by atoms with Crippen LogP contribution in [0.2, 0.25) is 0 Å². The van der Waals surface area contributed by atoms with Crippen molar-refractivity contribution in [2.75, 3.05) is 6.61 Å². The Morgan fingerprint density at radius 3 is 3.22 bits per heavy atom. The van der Waals surface area contributed by atoms with Crippen LogP contribution in [0.3, 0.4) is 0 Å². The summed E-state index contributed by atoms with van der Waals surface area (Å²) in [5, 5.41) is 10.5. The molecule has 1 N–H and O–H groups in total. The summed E-state index contributed by atoms with van der Waals surface area (Å²) < 4.78 is 5.08. The van der Waals surface area contributed by atoms with Gasteiger partial charge in [-0.25, -0.2) is 9.97 Å². The van der Waals surface area contributed by atoms with E-state index in [1.807, 2.05) is 0 Å². The fraction of sp³-hybridized carbons (Fsp3) is 0.417. The number of fused-ring (bicyclic) bond motifs is 3. The summed E-state index contributed by atoms with van der Waals surface area (Å²) in [5.74, 6) is -0.557. The minimum absolute atomic E-state index is 0.0475. The highest BCUT2D eigenvalue weighted by Gasteiger charge is 2.35. The van der Waals surface area contributed by atoms with Gasteiger partial charge < -0.3 is 9.84 Å². The van der Waals surface area contributed by atoms with Crippen LogP contribution in [0.15, 0.2) is 6.33 Å². The van der Waals surface area contributed by atoms with E-state index in [1.54, 1.807) is 6.92 Å². The maximum absolute atomic E-state index is 11.9. The van der Waals surface area contributed by atoms with Crippen LogP contribution in [-0.2, 0) is 16.0 Å². The van der Waals surface area contributed by atoms with Crippen LogP contribution in [0.1, 0.15) is 29.7 Å². The number of hydrogen-bond acceptors (Lipinski definition) is 6. The summed E-state index contributed by atoms with van der Waals surface area (Å²) >= 11 is 1.52. The lowest BCUT2D eigenvalue weighted by Crippen LogP contribution is -2.13. The Labute approximate surface area is 107 Å². The van der Waals surface area contributed by atoms with Crippen LogP contribution in [0.5, 0.6) is 5.88 Å². The van der Waals surface area contributed by atoms with E-state index in [9.17, 15) is 9.90 Å². The Balaban J connectivity index is 2.14. The van der Waals surface area contributed by atoms with Gasteiger partial charge in [0.1, 0.15) is 11.2 Å². The number of carbonyl (C=O) groups is 1. The molecule has 1 aliphatic rings. The molecule has 0 spiro atoms. The van der Waals surface area contributed by atoms with Crippen molar-refractivity contribution in [1.82, 2.24) is 9.97 Å². The molecular weight excluding hydrogens is 252 g/mol. The highest BCUT2D eigenvalue weighted by molar-refractivity contribution is 7.19. The van der Waals surface area contributed by atoms with Gasteiger partial charge >= 0.3 is 5.97 Å². The van der Waals surface area contributed by atoms with E-state index < -0.39 is 0 Å². The number of aromatic nitrogens is 2. The second-order valence-corrected chi connectivity index (χ2v) is 5.24. The molecule has 1 unspecified atom stereocenters. The summed E-state index contributed by atoms with van der Waals surface area (Å²) in [6, 6.07) is 0. The molecule has 0 aromatic carbocycles. The quantitative estimate of drug-likeness (QED) is 0.840. The van der Waals surface area contributed by atoms with Gasteiger partial charge in [-0.15, -0.1) is 11.3 Å². The third kappa shape index (κ3) is 1.56. The second kappa shape index (κ2) is 4.20. The Morgan fingerprint density at radius 1 is 1.61 bits per heavy atom. The maximum Gasteiger partial charge on any atom is 0.313 e. The van der Waals surface area contributed by atoms with Gasteiger partial charge in [-0.3, -0.25) is 4.79 Å². The fourth-order valence-electron chi connectivity index (χ4n) is 2.44. The number of ether oxygens (including phenoxy) is 1. The van der Waals surface area contributed by atoms with Gasteiger partial charge in [-0.1, -0.05) is 0 Å². The molecule has 2 aromatic rings. The number of aromatic hydroxyl groups is 1. The molecule has 1 atom stereocenters. The minimum atomic E-state index is -0.286. The summed E-state index contributed by atoms with van der Waals surface area (Å²) in [6.45, 7) is 2.16. The van der Waals surface area contributed by atoms with Crippen molar-refractivity contribution in [3.63, 3.8) is 0 Å². The van der Waals surface area contributed by atoms with Crippen molar-refractivity contribution in [3.8, 4) is 5.88 Å². The molecule has 0 radical (unpaired) electrons. The Bertz CT molecular complexity index is 623. The predicted molar refractivity (Wildman–Crippen MR) is 66.8 cm³/mol. The third-order valence-electron chi connectivity index (χ3n) is 3.16. The van der Waals surface area contributed by atoms with Gasteiger partial charge in [0.05, 0.1) is 17.9 Å². The summed E-state index contributed by atoms with van der Waals surface area (Å²) in [5.41, 5.74) is 0.867. The van der Waals surface area contributed by atoms with Gasteiger partial charge in [-0.05, 0) is 25.3 Å². The average molecular weight is 264 g/mol. The highest BCUT2D eigenvalue weighted by atomic mass is 32.1. The number of hydrogen-bond donors (Lipinski definition) is 1. The molecule has 1 aliphatic carbocycles. The molecule has 5 nitrogen and oxygen atoms in total. The zero-order valence-corrected chi connectivity index (χ0v) is 10.7.